The molecule has 0 atom stereocenters. The van der Waals surface area contributed by atoms with Crippen LogP contribution in [0, 0.1) is 0 Å². The molecule has 0 aliphatic carbocycles. The van der Waals surface area contributed by atoms with Crippen LogP contribution in [-0.4, -0.2) is 19.4 Å². The van der Waals surface area contributed by atoms with Crippen LogP contribution in [0.5, 0.6) is 0 Å². The molecule has 0 fully saturated rings. The van der Waals surface area contributed by atoms with Crippen LogP contribution in [-0.2, 0) is 19.4 Å². The minimum atomic E-state index is -4.79. The van der Waals surface area contributed by atoms with Crippen LogP contribution < -0.4 is 0 Å². The Balaban J connectivity index is 3.84. The van der Waals surface area contributed by atoms with E-state index in [0.717, 1.165) is 0 Å². The van der Waals surface area contributed by atoms with Crippen molar-refractivity contribution in [3.8, 4) is 0 Å². The Morgan fingerprint density at radius 3 is 2.00 bits per heavy atom. The van der Waals surface area contributed by atoms with E-state index in [1.165, 1.54) is 0 Å². The molecule has 6 heteroatoms. The standard InChI is InChI=1S/CH2O5S/c2-1-6-7(3,4)5/h1H,(H,3,4,5)/p-1. The molecule has 7 heavy (non-hydrogen) atoms. The second-order valence-electron chi connectivity index (χ2n) is 0.601. The summed E-state index contributed by atoms with van der Waals surface area (Å²) in [5, 5.41) is 0. The zero-order valence-electron chi connectivity index (χ0n) is 3.03. The summed E-state index contributed by atoms with van der Waals surface area (Å²) in [5.74, 6) is 0. The minimum Gasteiger partial charge on any atom is -0.716 e. The van der Waals surface area contributed by atoms with Crippen molar-refractivity contribution < 1.29 is 21.9 Å². The minimum absolute atomic E-state index is 0.442. The van der Waals surface area contributed by atoms with Crippen molar-refractivity contribution in [2.75, 3.05) is 0 Å². The fourth-order valence-corrected chi connectivity index (χ4v) is 0.144. The second-order valence-corrected chi connectivity index (χ2v) is 1.61. The summed E-state index contributed by atoms with van der Waals surface area (Å²) in [6, 6.07) is 0. The largest absolute Gasteiger partial charge is 0.716 e. The Labute approximate surface area is 39.9 Å². The molecule has 0 saturated heterocycles. The highest BCUT2D eigenvalue weighted by atomic mass is 32.3. The van der Waals surface area contributed by atoms with Gasteiger partial charge >= 0.3 is 6.47 Å². The summed E-state index contributed by atoms with van der Waals surface area (Å²) in [7, 11) is -4.79. The average Bonchev–Trinajstić information content (AvgIpc) is 1.30. The molecule has 5 nitrogen and oxygen atoms in total. The Kier molecular flexibility index (Phi) is 1.73. The van der Waals surface area contributed by atoms with Crippen LogP contribution in [0.25, 0.3) is 0 Å². The van der Waals surface area contributed by atoms with Crippen molar-refractivity contribution in [2.24, 2.45) is 0 Å². The first-order chi connectivity index (χ1) is 3.06. The van der Waals surface area contributed by atoms with Gasteiger partial charge in [-0.1, -0.05) is 0 Å². The summed E-state index contributed by atoms with van der Waals surface area (Å²) < 4.78 is 30.6. The van der Waals surface area contributed by atoms with Gasteiger partial charge in [-0.2, -0.15) is 0 Å². The van der Waals surface area contributed by atoms with Crippen LogP contribution in [0.4, 0.5) is 0 Å². The molecule has 0 bridgehead atoms. The average molecular weight is 125 g/mol. The van der Waals surface area contributed by atoms with E-state index in [4.69, 9.17) is 4.79 Å². The quantitative estimate of drug-likeness (QED) is 0.258. The summed E-state index contributed by atoms with van der Waals surface area (Å²) >= 11 is 0. The normalized spacial score (nSPS) is 10.4. The number of carbonyl (C=O) groups excluding carboxylic acids is 1. The highest BCUT2D eigenvalue weighted by Gasteiger charge is 1.85. The molecule has 0 aromatic carbocycles. The van der Waals surface area contributed by atoms with Gasteiger partial charge in [-0.05, 0) is 0 Å². The van der Waals surface area contributed by atoms with E-state index in [9.17, 15) is 13.0 Å². The van der Waals surface area contributed by atoms with E-state index in [1.807, 2.05) is 0 Å². The van der Waals surface area contributed by atoms with Gasteiger partial charge in [0.25, 0.3) is 10.4 Å². The van der Waals surface area contributed by atoms with E-state index in [2.05, 4.69) is 4.18 Å². The Morgan fingerprint density at radius 1 is 1.57 bits per heavy atom. The van der Waals surface area contributed by atoms with Gasteiger partial charge in [0.15, 0.2) is 0 Å². The predicted molar refractivity (Wildman–Crippen MR) is 16.8 cm³/mol. The number of carbonyl (C=O) groups is 1. The number of hydrogen-bond donors (Lipinski definition) is 0. The van der Waals surface area contributed by atoms with Gasteiger partial charge in [-0.25, -0.2) is 8.42 Å². The molecule has 0 aliphatic rings. The van der Waals surface area contributed by atoms with Crippen molar-refractivity contribution in [1.29, 1.82) is 0 Å². The first-order valence-electron chi connectivity index (χ1n) is 1.14. The van der Waals surface area contributed by atoms with Crippen molar-refractivity contribution >= 4 is 16.9 Å². The third-order valence-electron chi connectivity index (χ3n) is 0.157. The predicted octanol–water partition coefficient (Wildman–Crippen LogP) is -1.38. The van der Waals surface area contributed by atoms with Crippen LogP contribution in [0.1, 0.15) is 0 Å². The SMILES string of the molecule is O=COS(=O)(=O)[O-]. The lowest BCUT2D eigenvalue weighted by atomic mass is 11.7. The first kappa shape index (κ1) is 6.38. The highest BCUT2D eigenvalue weighted by Crippen LogP contribution is 1.76. The summed E-state index contributed by atoms with van der Waals surface area (Å²) in [6.45, 7) is -0.442. The highest BCUT2D eigenvalue weighted by molar-refractivity contribution is 7.81. The van der Waals surface area contributed by atoms with Gasteiger partial charge in [0.05, 0.1) is 0 Å². The molecular weight excluding hydrogens is 124 g/mol. The zero-order valence-corrected chi connectivity index (χ0v) is 3.84. The van der Waals surface area contributed by atoms with E-state index >= 15 is 0 Å². The topological polar surface area (TPSA) is 83.5 Å². The molecule has 0 heterocycles. The van der Waals surface area contributed by atoms with Gasteiger partial charge in [0.2, 0.25) is 0 Å². The molecule has 0 aliphatic heterocycles. The van der Waals surface area contributed by atoms with Crippen LogP contribution in [0.15, 0.2) is 0 Å². The fourth-order valence-electron chi connectivity index (χ4n) is 0.0481. The Morgan fingerprint density at radius 2 is 2.00 bits per heavy atom. The molecule has 0 aromatic heterocycles. The molecule has 0 saturated carbocycles. The van der Waals surface area contributed by atoms with E-state index in [-0.39, 0.29) is 0 Å². The lowest BCUT2D eigenvalue weighted by Gasteiger charge is -1.98. The molecule has 0 unspecified atom stereocenters. The molecule has 0 aromatic rings. The summed E-state index contributed by atoms with van der Waals surface area (Å²) in [6.07, 6.45) is 0. The lowest BCUT2D eigenvalue weighted by molar-refractivity contribution is -0.120. The molecule has 0 rings (SSSR count). The van der Waals surface area contributed by atoms with Gasteiger partial charge in [0.1, 0.15) is 0 Å². The lowest BCUT2D eigenvalue weighted by Crippen LogP contribution is -2.00. The van der Waals surface area contributed by atoms with Gasteiger partial charge in [-0.3, -0.25) is 4.79 Å². The number of rotatable bonds is 2. The molecular formula is CHO5S-. The maximum Gasteiger partial charge on any atom is 0.308 e. The van der Waals surface area contributed by atoms with E-state index in [0.29, 0.717) is 0 Å². The third kappa shape index (κ3) is 5.38. The fraction of sp³-hybridized carbons (Fsp3) is 0. The monoisotopic (exact) mass is 125 g/mol. The maximum atomic E-state index is 9.22. The third-order valence-corrected chi connectivity index (χ3v) is 0.471. The Hall–Kier alpha value is -0.620. The van der Waals surface area contributed by atoms with Crippen molar-refractivity contribution in [1.82, 2.24) is 0 Å². The summed E-state index contributed by atoms with van der Waals surface area (Å²) in [5.41, 5.74) is 0. The van der Waals surface area contributed by atoms with Gasteiger partial charge in [0, 0.05) is 0 Å². The first-order valence-corrected chi connectivity index (χ1v) is 2.47. The van der Waals surface area contributed by atoms with Crippen molar-refractivity contribution in [2.45, 2.75) is 0 Å². The second kappa shape index (κ2) is 1.90. The van der Waals surface area contributed by atoms with Crippen LogP contribution >= 0.6 is 0 Å². The molecule has 42 valence electrons. The molecule has 0 radical (unpaired) electrons. The smallest absolute Gasteiger partial charge is 0.308 e. The van der Waals surface area contributed by atoms with Gasteiger partial charge < -0.3 is 8.74 Å². The number of hydrogen-bond acceptors (Lipinski definition) is 5. The maximum absolute atomic E-state index is 9.22. The molecule has 0 spiro atoms. The summed E-state index contributed by atoms with van der Waals surface area (Å²) in [4.78, 5) is 9.02. The van der Waals surface area contributed by atoms with Gasteiger partial charge in [-0.15, -0.1) is 0 Å². The Bertz CT molecular complexity index is 141. The van der Waals surface area contributed by atoms with Crippen LogP contribution in [0.2, 0.25) is 0 Å². The van der Waals surface area contributed by atoms with E-state index < -0.39 is 16.9 Å². The molecule has 0 amide bonds. The van der Waals surface area contributed by atoms with Crippen molar-refractivity contribution in [3.05, 3.63) is 0 Å². The van der Waals surface area contributed by atoms with E-state index in [1.54, 1.807) is 0 Å². The van der Waals surface area contributed by atoms with Crippen LogP contribution in [0.3, 0.4) is 0 Å². The molecule has 0 N–H and O–H groups in total. The van der Waals surface area contributed by atoms with Crippen molar-refractivity contribution in [3.63, 3.8) is 0 Å². The zero-order chi connectivity index (χ0) is 5.91.